The van der Waals surface area contributed by atoms with Crippen LogP contribution in [0.15, 0.2) is 72.8 Å². The summed E-state index contributed by atoms with van der Waals surface area (Å²) in [6.07, 6.45) is -0.0312. The molecule has 3 rings (SSSR count). The summed E-state index contributed by atoms with van der Waals surface area (Å²) in [4.78, 5) is 36.4. The van der Waals surface area contributed by atoms with Crippen LogP contribution in [0.4, 0.5) is 0 Å². The first-order valence-corrected chi connectivity index (χ1v) is 10.5. The molecule has 1 atom stereocenters. The van der Waals surface area contributed by atoms with Crippen molar-refractivity contribution >= 4 is 29.4 Å². The predicted molar refractivity (Wildman–Crippen MR) is 124 cm³/mol. The normalized spacial score (nSPS) is 11.3. The molecule has 0 aliphatic carbocycles. The van der Waals surface area contributed by atoms with Crippen LogP contribution >= 0.6 is 11.6 Å². The lowest BCUT2D eigenvalue weighted by Crippen LogP contribution is -2.30. The maximum atomic E-state index is 12.9. The fraction of sp³-hybridized carbons (Fsp3) is 0.160. The highest BCUT2D eigenvalue weighted by Crippen LogP contribution is 2.22. The molecule has 0 aliphatic rings. The van der Waals surface area contributed by atoms with Crippen molar-refractivity contribution in [3.8, 4) is 5.75 Å². The molecule has 0 radical (unpaired) electrons. The topological polar surface area (TPSA) is 108 Å². The van der Waals surface area contributed by atoms with Crippen molar-refractivity contribution in [3.63, 3.8) is 0 Å². The van der Waals surface area contributed by atoms with E-state index in [0.29, 0.717) is 16.3 Å². The molecule has 0 aliphatic heterocycles. The molecule has 0 saturated carbocycles. The number of halogens is 1. The zero-order chi connectivity index (χ0) is 23.8. The maximum absolute atomic E-state index is 12.9. The number of ether oxygens (including phenoxy) is 2. The number of benzene rings is 3. The van der Waals surface area contributed by atoms with Crippen LogP contribution in [0.25, 0.3) is 0 Å². The first-order chi connectivity index (χ1) is 15.9. The average Bonchev–Trinajstić information content (AvgIpc) is 2.83. The van der Waals surface area contributed by atoms with Crippen LogP contribution in [-0.2, 0) is 16.1 Å². The average molecular weight is 467 g/mol. The molecule has 3 aromatic rings. The van der Waals surface area contributed by atoms with Gasteiger partial charge in [-0.1, -0.05) is 48.0 Å². The summed E-state index contributed by atoms with van der Waals surface area (Å²) in [5.41, 5.74) is 7.50. The van der Waals surface area contributed by atoms with Crippen molar-refractivity contribution in [1.82, 2.24) is 5.32 Å². The second-order valence-electron chi connectivity index (χ2n) is 7.21. The summed E-state index contributed by atoms with van der Waals surface area (Å²) >= 11 is 5.95. The van der Waals surface area contributed by atoms with Gasteiger partial charge in [0.1, 0.15) is 12.4 Å². The van der Waals surface area contributed by atoms with Gasteiger partial charge in [-0.2, -0.15) is 0 Å². The molecule has 0 spiro atoms. The van der Waals surface area contributed by atoms with Gasteiger partial charge in [-0.05, 0) is 47.5 Å². The van der Waals surface area contributed by atoms with E-state index in [9.17, 15) is 14.4 Å². The predicted octanol–water partition coefficient (Wildman–Crippen LogP) is 4.05. The number of hydrogen-bond acceptors (Lipinski definition) is 5. The highest BCUT2D eigenvalue weighted by molar-refractivity contribution is 6.30. The second kappa shape index (κ2) is 11.2. The fourth-order valence-corrected chi connectivity index (χ4v) is 3.32. The van der Waals surface area contributed by atoms with E-state index < -0.39 is 17.9 Å². The number of methoxy groups -OCH3 is 1. The molecule has 7 nitrogen and oxygen atoms in total. The van der Waals surface area contributed by atoms with Gasteiger partial charge in [-0.25, -0.2) is 0 Å². The van der Waals surface area contributed by atoms with Gasteiger partial charge in [0.2, 0.25) is 0 Å². The van der Waals surface area contributed by atoms with Crippen molar-refractivity contribution in [1.29, 1.82) is 0 Å². The van der Waals surface area contributed by atoms with Crippen molar-refractivity contribution < 1.29 is 23.9 Å². The Morgan fingerprint density at radius 1 is 1.00 bits per heavy atom. The summed E-state index contributed by atoms with van der Waals surface area (Å²) in [5.74, 6) is -1.04. The third-order valence-electron chi connectivity index (χ3n) is 4.91. The van der Waals surface area contributed by atoms with Gasteiger partial charge in [-0.3, -0.25) is 14.4 Å². The van der Waals surface area contributed by atoms with E-state index >= 15 is 0 Å². The smallest absolute Gasteiger partial charge is 0.307 e. The number of carbonyl (C=O) groups excluding carboxylic acids is 3. The van der Waals surface area contributed by atoms with Gasteiger partial charge in [0.25, 0.3) is 11.8 Å². The van der Waals surface area contributed by atoms with Crippen LogP contribution in [0.2, 0.25) is 5.02 Å². The van der Waals surface area contributed by atoms with E-state index in [-0.39, 0.29) is 24.5 Å². The number of primary amides is 1. The van der Waals surface area contributed by atoms with E-state index in [4.69, 9.17) is 26.8 Å². The molecule has 33 heavy (non-hydrogen) atoms. The summed E-state index contributed by atoms with van der Waals surface area (Å²) < 4.78 is 10.5. The summed E-state index contributed by atoms with van der Waals surface area (Å²) in [6.45, 7) is 0.133. The Morgan fingerprint density at radius 3 is 2.42 bits per heavy atom. The SMILES string of the molecule is COC(=O)CC(NC(=O)c1cccc(COc2ccccc2C(N)=O)c1)c1ccc(Cl)cc1. The monoisotopic (exact) mass is 466 g/mol. The number of para-hydroxylation sites is 1. The number of rotatable bonds is 9. The fourth-order valence-electron chi connectivity index (χ4n) is 3.20. The third kappa shape index (κ3) is 6.57. The van der Waals surface area contributed by atoms with Gasteiger partial charge >= 0.3 is 5.97 Å². The lowest BCUT2D eigenvalue weighted by Gasteiger charge is -2.19. The Balaban J connectivity index is 1.74. The van der Waals surface area contributed by atoms with Crippen molar-refractivity contribution in [2.75, 3.05) is 7.11 Å². The zero-order valence-corrected chi connectivity index (χ0v) is 18.7. The van der Waals surface area contributed by atoms with Crippen molar-refractivity contribution in [3.05, 3.63) is 100 Å². The van der Waals surface area contributed by atoms with Crippen molar-refractivity contribution in [2.45, 2.75) is 19.1 Å². The minimum Gasteiger partial charge on any atom is -0.488 e. The van der Waals surface area contributed by atoms with E-state index in [2.05, 4.69) is 5.32 Å². The Labute approximate surface area is 196 Å². The standard InChI is InChI=1S/C25H23ClN2O5/c1-32-23(29)14-21(17-9-11-19(26)12-10-17)28-25(31)18-6-4-5-16(13-18)15-33-22-8-3-2-7-20(22)24(27)30/h2-13,21H,14-15H2,1H3,(H2,27,30)(H,28,31). The maximum Gasteiger partial charge on any atom is 0.307 e. The van der Waals surface area contributed by atoms with E-state index in [1.54, 1.807) is 72.8 Å². The molecule has 3 N–H and O–H groups in total. The van der Waals surface area contributed by atoms with Crippen LogP contribution in [0, 0.1) is 0 Å². The molecule has 2 amide bonds. The van der Waals surface area contributed by atoms with E-state index in [1.807, 2.05) is 0 Å². The molecule has 170 valence electrons. The lowest BCUT2D eigenvalue weighted by atomic mass is 10.0. The molecule has 1 unspecified atom stereocenters. The highest BCUT2D eigenvalue weighted by Gasteiger charge is 2.20. The van der Waals surface area contributed by atoms with Crippen LogP contribution in [0.3, 0.4) is 0 Å². The third-order valence-corrected chi connectivity index (χ3v) is 5.16. The molecule has 0 saturated heterocycles. The highest BCUT2D eigenvalue weighted by atomic mass is 35.5. The van der Waals surface area contributed by atoms with Gasteiger partial charge in [-0.15, -0.1) is 0 Å². The van der Waals surface area contributed by atoms with E-state index in [1.165, 1.54) is 7.11 Å². The number of nitrogens with one attached hydrogen (secondary N) is 1. The Kier molecular flexibility index (Phi) is 8.05. The molecular weight excluding hydrogens is 444 g/mol. The van der Waals surface area contributed by atoms with Gasteiger partial charge in [0.05, 0.1) is 25.1 Å². The molecule has 0 aromatic heterocycles. The van der Waals surface area contributed by atoms with Crippen LogP contribution in [0.1, 0.15) is 44.3 Å². The van der Waals surface area contributed by atoms with Gasteiger partial charge in [0, 0.05) is 10.6 Å². The molecule has 0 heterocycles. The van der Waals surface area contributed by atoms with Gasteiger partial charge < -0.3 is 20.5 Å². The molecule has 3 aromatic carbocycles. The summed E-state index contributed by atoms with van der Waals surface area (Å²) in [7, 11) is 1.29. The Bertz CT molecular complexity index is 1150. The van der Waals surface area contributed by atoms with Crippen molar-refractivity contribution in [2.24, 2.45) is 5.73 Å². The lowest BCUT2D eigenvalue weighted by molar-refractivity contribution is -0.141. The number of carbonyl (C=O) groups is 3. The Hall–Kier alpha value is -3.84. The number of amides is 2. The van der Waals surface area contributed by atoms with E-state index in [0.717, 1.165) is 11.1 Å². The first kappa shape index (κ1) is 23.8. The zero-order valence-electron chi connectivity index (χ0n) is 17.9. The minimum absolute atomic E-state index is 0.0312. The Morgan fingerprint density at radius 2 is 1.73 bits per heavy atom. The second-order valence-corrected chi connectivity index (χ2v) is 7.64. The number of nitrogens with two attached hydrogens (primary N) is 1. The molecule has 0 fully saturated rings. The van der Waals surface area contributed by atoms with Gasteiger partial charge in [0.15, 0.2) is 0 Å². The quantitative estimate of drug-likeness (QED) is 0.462. The summed E-state index contributed by atoms with van der Waals surface area (Å²) in [5, 5.41) is 3.42. The number of hydrogen-bond donors (Lipinski definition) is 2. The largest absolute Gasteiger partial charge is 0.488 e. The summed E-state index contributed by atoms with van der Waals surface area (Å²) in [6, 6.07) is 19.8. The molecule has 8 heteroatoms. The molecule has 0 bridgehead atoms. The van der Waals surface area contributed by atoms with Crippen LogP contribution in [-0.4, -0.2) is 24.9 Å². The van der Waals surface area contributed by atoms with Crippen LogP contribution in [0.5, 0.6) is 5.75 Å². The number of esters is 1. The van der Waals surface area contributed by atoms with Crippen LogP contribution < -0.4 is 15.8 Å². The minimum atomic E-state index is -0.593. The molecular formula is C25H23ClN2O5. The first-order valence-electron chi connectivity index (χ1n) is 10.1.